The number of ether oxygens (including phenoxy) is 2. The number of thioether (sulfide) groups is 2. The van der Waals surface area contributed by atoms with Crippen molar-refractivity contribution in [2.24, 2.45) is 0 Å². The van der Waals surface area contributed by atoms with Gasteiger partial charge in [-0.05, 0) is 38.5 Å². The molecule has 7 nitrogen and oxygen atoms in total. The van der Waals surface area contributed by atoms with E-state index in [-0.39, 0.29) is 29.6 Å². The summed E-state index contributed by atoms with van der Waals surface area (Å²) in [7, 11) is 0. The molecule has 1 N–H and O–H groups in total. The number of carbonyl (C=O) groups is 4. The first-order valence-corrected chi connectivity index (χ1v) is 9.14. The minimum absolute atomic E-state index is 0.0163. The first kappa shape index (κ1) is 21.0. The van der Waals surface area contributed by atoms with E-state index in [1.54, 1.807) is 27.7 Å². The summed E-state index contributed by atoms with van der Waals surface area (Å²) in [6, 6.07) is 0. The lowest BCUT2D eigenvalue weighted by atomic mass is 10.3. The van der Waals surface area contributed by atoms with Crippen molar-refractivity contribution in [3.05, 3.63) is 32.8 Å². The summed E-state index contributed by atoms with van der Waals surface area (Å²) in [5, 5.41) is 5.65. The second-order valence-electron chi connectivity index (χ2n) is 5.27. The van der Waals surface area contributed by atoms with Crippen LogP contribution in [0.25, 0.3) is 0 Å². The molecule has 0 atom stereocenters. The highest BCUT2D eigenvalue weighted by molar-refractivity contribution is 8.27. The van der Waals surface area contributed by atoms with E-state index in [0.29, 0.717) is 4.24 Å². The fraction of sp³-hybridized carbons (Fsp3) is 0.375. The Hall–Kier alpha value is -2.00. The Morgan fingerprint density at radius 2 is 1.28 bits per heavy atom. The van der Waals surface area contributed by atoms with Gasteiger partial charge in [0.2, 0.25) is 0 Å². The van der Waals surface area contributed by atoms with Gasteiger partial charge >= 0.3 is 11.9 Å². The molecule has 0 spiro atoms. The minimum atomic E-state index is -0.630. The van der Waals surface area contributed by atoms with Crippen molar-refractivity contribution >= 4 is 47.3 Å². The normalized spacial score (nSPS) is 15.2. The highest BCUT2D eigenvalue weighted by Crippen LogP contribution is 2.40. The number of hydrogen-bond donors (Lipinski definition) is 1. The fourth-order valence-corrected chi connectivity index (χ4v) is 3.29. The maximum Gasteiger partial charge on any atom is 0.347 e. The van der Waals surface area contributed by atoms with Crippen LogP contribution in [0.15, 0.2) is 32.8 Å². The van der Waals surface area contributed by atoms with Crippen molar-refractivity contribution in [2.75, 3.05) is 0 Å². The van der Waals surface area contributed by atoms with Crippen LogP contribution in [0.1, 0.15) is 27.7 Å². The molecule has 2 rings (SSSR count). The summed E-state index contributed by atoms with van der Waals surface area (Å²) < 4.78 is 10.8. The Labute approximate surface area is 154 Å². The van der Waals surface area contributed by atoms with Gasteiger partial charge in [0.15, 0.2) is 5.57 Å². The quantitative estimate of drug-likeness (QED) is 0.259. The first-order valence-electron chi connectivity index (χ1n) is 7.38. The van der Waals surface area contributed by atoms with Crippen molar-refractivity contribution in [1.82, 2.24) is 5.32 Å². The molecular weight excluding hydrogens is 366 g/mol. The molecule has 2 heterocycles. The molecule has 0 aromatic carbocycles. The van der Waals surface area contributed by atoms with Gasteiger partial charge < -0.3 is 9.47 Å². The third-order valence-electron chi connectivity index (χ3n) is 2.34. The number of hydrogen-bond acceptors (Lipinski definition) is 8. The zero-order valence-electron chi connectivity index (χ0n) is 14.2. The minimum Gasteiger partial charge on any atom is -0.459 e. The highest BCUT2D eigenvalue weighted by Gasteiger charge is 2.29. The number of carbonyl (C=O) groups excluding carboxylic acids is 4. The van der Waals surface area contributed by atoms with Gasteiger partial charge in [0, 0.05) is 12.2 Å². The van der Waals surface area contributed by atoms with Gasteiger partial charge in [-0.2, -0.15) is 0 Å². The fourth-order valence-electron chi connectivity index (χ4n) is 1.48. The lowest BCUT2D eigenvalue weighted by molar-refractivity contribution is -0.151. The molecular formula is C16H19NO6S2. The van der Waals surface area contributed by atoms with Crippen LogP contribution in [0.3, 0.4) is 0 Å². The molecule has 9 heteroatoms. The Kier molecular flexibility index (Phi) is 8.50. The second-order valence-corrected chi connectivity index (χ2v) is 7.36. The van der Waals surface area contributed by atoms with Gasteiger partial charge in [-0.15, -0.1) is 0 Å². The average Bonchev–Trinajstić information content (AvgIpc) is 3.10. The van der Waals surface area contributed by atoms with Crippen molar-refractivity contribution in [1.29, 1.82) is 0 Å². The van der Waals surface area contributed by atoms with E-state index in [9.17, 15) is 19.2 Å². The van der Waals surface area contributed by atoms with Crippen LogP contribution in [0, 0.1) is 0 Å². The lowest BCUT2D eigenvalue weighted by Gasteiger charge is -2.13. The molecule has 0 unspecified atom stereocenters. The Morgan fingerprint density at radius 3 is 1.56 bits per heavy atom. The van der Waals surface area contributed by atoms with Gasteiger partial charge in [-0.3, -0.25) is 14.9 Å². The van der Waals surface area contributed by atoms with Crippen molar-refractivity contribution in [3.8, 4) is 0 Å². The van der Waals surface area contributed by atoms with E-state index < -0.39 is 11.9 Å². The topological polar surface area (TPSA) is 98.8 Å². The van der Waals surface area contributed by atoms with Crippen LogP contribution in [-0.4, -0.2) is 36.0 Å². The molecule has 0 saturated carbocycles. The van der Waals surface area contributed by atoms with Crippen molar-refractivity contribution < 1.29 is 28.7 Å². The molecule has 136 valence electrons. The van der Waals surface area contributed by atoms with E-state index in [2.05, 4.69) is 0 Å². The molecule has 25 heavy (non-hydrogen) atoms. The zero-order valence-corrected chi connectivity index (χ0v) is 15.9. The maximum atomic E-state index is 11.9. The number of nitrogens with one attached hydrogen (secondary N) is 1. The largest absolute Gasteiger partial charge is 0.459 e. The highest BCUT2D eigenvalue weighted by atomic mass is 32.2. The molecule has 2 aliphatic rings. The predicted octanol–water partition coefficient (Wildman–Crippen LogP) is 2.25. The molecule has 0 radical (unpaired) electrons. The van der Waals surface area contributed by atoms with E-state index in [4.69, 9.17) is 9.47 Å². The molecule has 0 aromatic rings. The van der Waals surface area contributed by atoms with Gasteiger partial charge in [0.05, 0.1) is 16.4 Å². The van der Waals surface area contributed by atoms with Gasteiger partial charge in [-0.1, -0.05) is 23.5 Å². The van der Waals surface area contributed by atoms with Crippen LogP contribution < -0.4 is 5.32 Å². The number of imide groups is 1. The monoisotopic (exact) mass is 385 g/mol. The Balaban J connectivity index is 0.000000370. The van der Waals surface area contributed by atoms with E-state index >= 15 is 0 Å². The van der Waals surface area contributed by atoms with Crippen LogP contribution >= 0.6 is 23.5 Å². The molecule has 0 fully saturated rings. The lowest BCUT2D eigenvalue weighted by Crippen LogP contribution is -2.23. The van der Waals surface area contributed by atoms with E-state index in [1.807, 2.05) is 16.1 Å². The summed E-state index contributed by atoms with van der Waals surface area (Å²) in [6.07, 6.45) is 1.85. The second kappa shape index (κ2) is 10.1. The van der Waals surface area contributed by atoms with Crippen molar-refractivity contribution in [3.63, 3.8) is 0 Å². The summed E-state index contributed by atoms with van der Waals surface area (Å²) in [5.41, 5.74) is -0.0163. The molecule has 0 saturated heterocycles. The van der Waals surface area contributed by atoms with Crippen LogP contribution in [0.4, 0.5) is 0 Å². The molecule has 2 amide bonds. The summed E-state index contributed by atoms with van der Waals surface area (Å²) in [4.78, 5) is 43.9. The molecule has 2 aliphatic heterocycles. The summed E-state index contributed by atoms with van der Waals surface area (Å²) in [5.74, 6) is -1.92. The third kappa shape index (κ3) is 7.61. The number of esters is 2. The van der Waals surface area contributed by atoms with Crippen LogP contribution in [0.5, 0.6) is 0 Å². The molecule has 0 aromatic heterocycles. The first-order chi connectivity index (χ1) is 11.7. The smallest absolute Gasteiger partial charge is 0.347 e. The SMILES string of the molecule is CC(C)OC(=O)C(C(=O)OC(C)C)=C1SC=CS1.O=C1C=CC(=O)N1. The van der Waals surface area contributed by atoms with E-state index in [0.717, 1.165) is 0 Å². The number of amides is 2. The Bertz CT molecular complexity index is 599. The van der Waals surface area contributed by atoms with Gasteiger partial charge in [-0.25, -0.2) is 9.59 Å². The van der Waals surface area contributed by atoms with E-state index in [1.165, 1.54) is 35.7 Å². The van der Waals surface area contributed by atoms with Crippen LogP contribution in [0.2, 0.25) is 0 Å². The maximum absolute atomic E-state index is 11.9. The summed E-state index contributed by atoms with van der Waals surface area (Å²) in [6.45, 7) is 6.95. The zero-order chi connectivity index (χ0) is 19.0. The Morgan fingerprint density at radius 1 is 0.880 bits per heavy atom. The predicted molar refractivity (Wildman–Crippen MR) is 96.1 cm³/mol. The summed E-state index contributed by atoms with van der Waals surface area (Å²) >= 11 is 2.64. The average molecular weight is 385 g/mol. The third-order valence-corrected chi connectivity index (χ3v) is 4.47. The van der Waals surface area contributed by atoms with Crippen LogP contribution in [-0.2, 0) is 28.7 Å². The standard InChI is InChI=1S/C12H16O4S2.C4H3NO2/c1-7(2)15-10(13)9(11(14)16-8(3)4)12-17-5-6-18-12;6-3-1-2-4(7)5-3/h5-8H,1-4H3;1-2H,(H,5,6,7). The molecule has 0 aliphatic carbocycles. The van der Waals surface area contributed by atoms with Gasteiger partial charge in [0.25, 0.3) is 11.8 Å². The number of rotatable bonds is 4. The van der Waals surface area contributed by atoms with Crippen molar-refractivity contribution in [2.45, 2.75) is 39.9 Å². The van der Waals surface area contributed by atoms with Gasteiger partial charge in [0.1, 0.15) is 0 Å². The molecule has 0 bridgehead atoms.